The molecule has 0 radical (unpaired) electrons. The van der Waals surface area contributed by atoms with Gasteiger partial charge in [-0.15, -0.1) is 0 Å². The van der Waals surface area contributed by atoms with E-state index in [1.54, 1.807) is 0 Å². The Kier molecular flexibility index (Phi) is 3.68. The molecule has 23 heavy (non-hydrogen) atoms. The summed E-state index contributed by atoms with van der Waals surface area (Å²) < 4.78 is 11.1. The van der Waals surface area contributed by atoms with Crippen LogP contribution in [-0.4, -0.2) is 23.3 Å². The fraction of sp³-hybridized carbons (Fsp3) is 0.222. The van der Waals surface area contributed by atoms with Crippen molar-refractivity contribution < 1.29 is 9.26 Å². The fourth-order valence-corrected chi connectivity index (χ4v) is 2.76. The highest BCUT2D eigenvalue weighted by molar-refractivity contribution is 5.59. The molecule has 0 unspecified atom stereocenters. The Labute approximate surface area is 134 Å². The van der Waals surface area contributed by atoms with Crippen LogP contribution in [0.25, 0.3) is 0 Å². The van der Waals surface area contributed by atoms with Crippen molar-refractivity contribution in [3.63, 3.8) is 0 Å². The third kappa shape index (κ3) is 3.04. The van der Waals surface area contributed by atoms with Crippen LogP contribution < -0.4 is 9.64 Å². The summed E-state index contributed by atoms with van der Waals surface area (Å²) in [6.07, 6.45) is 0.685. The van der Waals surface area contributed by atoms with Crippen molar-refractivity contribution in [1.29, 1.82) is 0 Å². The first kappa shape index (κ1) is 13.8. The van der Waals surface area contributed by atoms with Crippen molar-refractivity contribution in [3.8, 4) is 5.75 Å². The second-order valence-corrected chi connectivity index (χ2v) is 5.50. The van der Waals surface area contributed by atoms with Crippen molar-refractivity contribution in [1.82, 2.24) is 10.1 Å². The van der Waals surface area contributed by atoms with Crippen LogP contribution in [0.1, 0.15) is 17.3 Å². The van der Waals surface area contributed by atoms with Crippen LogP contribution in [0.4, 0.5) is 5.69 Å². The summed E-state index contributed by atoms with van der Waals surface area (Å²) in [6.45, 7) is 2.08. The molecule has 116 valence electrons. The van der Waals surface area contributed by atoms with Crippen LogP contribution in [0.3, 0.4) is 0 Å². The van der Waals surface area contributed by atoms with Crippen LogP contribution in [0.2, 0.25) is 0 Å². The lowest BCUT2D eigenvalue weighted by Crippen LogP contribution is -2.32. The zero-order valence-corrected chi connectivity index (χ0v) is 12.7. The van der Waals surface area contributed by atoms with E-state index in [4.69, 9.17) is 9.26 Å². The molecule has 3 aromatic rings. The van der Waals surface area contributed by atoms with Gasteiger partial charge in [-0.05, 0) is 17.7 Å². The summed E-state index contributed by atoms with van der Waals surface area (Å²) in [7, 11) is 0. The molecule has 0 N–H and O–H groups in total. The van der Waals surface area contributed by atoms with Gasteiger partial charge >= 0.3 is 0 Å². The number of benzene rings is 2. The van der Waals surface area contributed by atoms with Gasteiger partial charge in [0.1, 0.15) is 12.4 Å². The SMILES string of the molecule is c1ccc(Cc2noc(CN3CCOc4ccccc43)n2)cc1. The van der Waals surface area contributed by atoms with Crippen molar-refractivity contribution in [2.75, 3.05) is 18.1 Å². The Morgan fingerprint density at radius 3 is 2.74 bits per heavy atom. The van der Waals surface area contributed by atoms with Crippen LogP contribution in [0.15, 0.2) is 59.1 Å². The van der Waals surface area contributed by atoms with Crippen LogP contribution in [0.5, 0.6) is 5.75 Å². The highest BCUT2D eigenvalue weighted by Crippen LogP contribution is 2.31. The van der Waals surface area contributed by atoms with E-state index < -0.39 is 0 Å². The van der Waals surface area contributed by atoms with Crippen molar-refractivity contribution in [2.24, 2.45) is 0 Å². The number of hydrogen-bond donors (Lipinski definition) is 0. The first-order chi connectivity index (χ1) is 11.4. The molecule has 0 saturated heterocycles. The number of fused-ring (bicyclic) bond motifs is 1. The molecule has 0 aliphatic carbocycles. The highest BCUT2D eigenvalue weighted by Gasteiger charge is 2.20. The lowest BCUT2D eigenvalue weighted by Gasteiger charge is -2.29. The third-order valence-corrected chi connectivity index (χ3v) is 3.87. The maximum absolute atomic E-state index is 5.67. The van der Waals surface area contributed by atoms with Gasteiger partial charge in [0, 0.05) is 6.42 Å². The van der Waals surface area contributed by atoms with Crippen molar-refractivity contribution in [2.45, 2.75) is 13.0 Å². The summed E-state index contributed by atoms with van der Waals surface area (Å²) >= 11 is 0. The van der Waals surface area contributed by atoms with Gasteiger partial charge in [0.2, 0.25) is 5.89 Å². The molecule has 1 aliphatic rings. The molecule has 2 heterocycles. The summed E-state index contributed by atoms with van der Waals surface area (Å²) in [4.78, 5) is 6.72. The normalized spacial score (nSPS) is 13.5. The molecule has 1 aromatic heterocycles. The third-order valence-electron chi connectivity index (χ3n) is 3.87. The Hall–Kier alpha value is -2.82. The number of para-hydroxylation sites is 2. The molecular formula is C18H17N3O2. The second-order valence-electron chi connectivity index (χ2n) is 5.50. The minimum absolute atomic E-state index is 0.599. The van der Waals surface area contributed by atoms with E-state index in [2.05, 4.69) is 33.2 Å². The van der Waals surface area contributed by atoms with Crippen LogP contribution >= 0.6 is 0 Å². The van der Waals surface area contributed by atoms with Gasteiger partial charge in [0.15, 0.2) is 5.82 Å². The Bertz CT molecular complexity index is 786. The molecular weight excluding hydrogens is 290 g/mol. The minimum atomic E-state index is 0.599. The van der Waals surface area contributed by atoms with Gasteiger partial charge in [-0.2, -0.15) is 4.98 Å². The Balaban J connectivity index is 1.48. The van der Waals surface area contributed by atoms with E-state index in [1.807, 2.05) is 36.4 Å². The van der Waals surface area contributed by atoms with Gasteiger partial charge in [-0.3, -0.25) is 0 Å². The summed E-state index contributed by atoms with van der Waals surface area (Å²) in [5, 5.41) is 4.09. The number of hydrogen-bond acceptors (Lipinski definition) is 5. The maximum atomic E-state index is 5.67. The van der Waals surface area contributed by atoms with Crippen molar-refractivity contribution >= 4 is 5.69 Å². The first-order valence-electron chi connectivity index (χ1n) is 7.71. The van der Waals surface area contributed by atoms with E-state index >= 15 is 0 Å². The molecule has 5 heteroatoms. The molecule has 0 spiro atoms. The Morgan fingerprint density at radius 1 is 1.00 bits per heavy atom. The molecule has 5 nitrogen and oxygen atoms in total. The zero-order valence-electron chi connectivity index (χ0n) is 12.7. The summed E-state index contributed by atoms with van der Waals surface area (Å²) in [5.41, 5.74) is 2.25. The van der Waals surface area contributed by atoms with Crippen LogP contribution in [0, 0.1) is 0 Å². The van der Waals surface area contributed by atoms with Gasteiger partial charge in [0.05, 0.1) is 18.8 Å². The molecule has 1 aliphatic heterocycles. The predicted octanol–water partition coefficient (Wildman–Crippen LogP) is 3.06. The number of nitrogens with zero attached hydrogens (tertiary/aromatic N) is 3. The molecule has 0 bridgehead atoms. The predicted molar refractivity (Wildman–Crippen MR) is 86.5 cm³/mol. The van der Waals surface area contributed by atoms with Gasteiger partial charge in [-0.1, -0.05) is 47.6 Å². The average molecular weight is 307 g/mol. The molecule has 0 atom stereocenters. The molecule has 0 fully saturated rings. The molecule has 0 saturated carbocycles. The van der Waals surface area contributed by atoms with Gasteiger partial charge in [0.25, 0.3) is 0 Å². The van der Waals surface area contributed by atoms with E-state index in [-0.39, 0.29) is 0 Å². The van der Waals surface area contributed by atoms with E-state index in [0.29, 0.717) is 31.3 Å². The number of ether oxygens (including phenoxy) is 1. The summed E-state index contributed by atoms with van der Waals surface area (Å²) in [6, 6.07) is 18.2. The lowest BCUT2D eigenvalue weighted by molar-refractivity contribution is 0.300. The average Bonchev–Trinajstić information content (AvgIpc) is 3.03. The largest absolute Gasteiger partial charge is 0.490 e. The highest BCUT2D eigenvalue weighted by atomic mass is 16.5. The number of aromatic nitrogens is 2. The molecule has 2 aromatic carbocycles. The zero-order chi connectivity index (χ0) is 15.5. The lowest BCUT2D eigenvalue weighted by atomic mass is 10.1. The first-order valence-corrected chi connectivity index (χ1v) is 7.71. The van der Waals surface area contributed by atoms with Crippen LogP contribution in [-0.2, 0) is 13.0 Å². The molecule has 0 amide bonds. The smallest absolute Gasteiger partial charge is 0.246 e. The van der Waals surface area contributed by atoms with Crippen molar-refractivity contribution in [3.05, 3.63) is 71.9 Å². The molecule has 4 rings (SSSR count). The number of anilines is 1. The quantitative estimate of drug-likeness (QED) is 0.741. The topological polar surface area (TPSA) is 51.4 Å². The maximum Gasteiger partial charge on any atom is 0.246 e. The van der Waals surface area contributed by atoms with Gasteiger partial charge < -0.3 is 14.2 Å². The fourth-order valence-electron chi connectivity index (χ4n) is 2.76. The Morgan fingerprint density at radius 2 is 1.83 bits per heavy atom. The summed E-state index contributed by atoms with van der Waals surface area (Å²) in [5.74, 6) is 2.25. The monoisotopic (exact) mass is 307 g/mol. The van der Waals surface area contributed by atoms with E-state index in [0.717, 1.165) is 18.0 Å². The second kappa shape index (κ2) is 6.12. The van der Waals surface area contributed by atoms with E-state index in [9.17, 15) is 0 Å². The standard InChI is InChI=1S/C18H17N3O2/c1-2-6-14(7-3-1)12-17-19-18(23-20-17)13-21-10-11-22-16-9-5-4-8-15(16)21/h1-9H,10-13H2. The van der Waals surface area contributed by atoms with E-state index in [1.165, 1.54) is 5.56 Å². The number of rotatable bonds is 4. The minimum Gasteiger partial charge on any atom is -0.490 e. The van der Waals surface area contributed by atoms with Gasteiger partial charge in [-0.25, -0.2) is 0 Å².